The second kappa shape index (κ2) is 17.1. The lowest BCUT2D eigenvalue weighted by atomic mass is 9.88. The van der Waals surface area contributed by atoms with Gasteiger partial charge in [0.15, 0.2) is 0 Å². The number of hydrogen-bond acceptors (Lipinski definition) is 6. The zero-order valence-electron chi connectivity index (χ0n) is 35.5. The van der Waals surface area contributed by atoms with E-state index in [0.29, 0.717) is 17.7 Å². The van der Waals surface area contributed by atoms with Crippen LogP contribution in [0.5, 0.6) is 5.75 Å². The molecule has 0 bridgehead atoms. The summed E-state index contributed by atoms with van der Waals surface area (Å²) in [5, 5.41) is 17.3. The van der Waals surface area contributed by atoms with Gasteiger partial charge in [-0.1, -0.05) is 141 Å². The average molecular weight is 842 g/mol. The molecule has 1 atom stereocenters. The molecule has 0 saturated heterocycles. The van der Waals surface area contributed by atoms with Crippen LogP contribution < -0.4 is 15.0 Å². The van der Waals surface area contributed by atoms with Crippen molar-refractivity contribution in [2.24, 2.45) is 0 Å². The maximum absolute atomic E-state index is 14.0. The number of nitrogens with one attached hydrogen (secondary N) is 1. The van der Waals surface area contributed by atoms with Crippen molar-refractivity contribution in [3.8, 4) is 39.5 Å². The molecule has 0 saturated carbocycles. The summed E-state index contributed by atoms with van der Waals surface area (Å²) >= 11 is 0. The minimum atomic E-state index is -3.80. The number of sulfonamides is 1. The van der Waals surface area contributed by atoms with Crippen molar-refractivity contribution in [1.29, 1.82) is 0 Å². The third-order valence-electron chi connectivity index (χ3n) is 11.1. The summed E-state index contributed by atoms with van der Waals surface area (Å²) in [4.78, 5) is 2.27. The molecule has 61 heavy (non-hydrogen) atoms. The van der Waals surface area contributed by atoms with Gasteiger partial charge < -0.3 is 20.1 Å². The molecule has 0 fully saturated rings. The van der Waals surface area contributed by atoms with Gasteiger partial charge >= 0.3 is 0 Å². The normalized spacial score (nSPS) is 13.3. The zero-order chi connectivity index (χ0) is 42.9. The Bertz CT molecular complexity index is 2920. The SMILES string of the molecule is CN(C)c1cccc2c(S(=O)(=O)N(C)Cc3ccc(OCc4ccccc4-c4c(NCc5ccccc5)cc5c(c4C#C[Si](C)(C)C)C(O)c4ccccc4-5)cc3)cccc12. The molecule has 8 rings (SSSR count). The smallest absolute Gasteiger partial charge is 0.243 e. The molecule has 0 radical (unpaired) electrons. The molecular formula is C52H51N3O4SSi. The molecule has 1 aliphatic rings. The Morgan fingerprint density at radius 3 is 2.13 bits per heavy atom. The third kappa shape index (κ3) is 8.59. The highest BCUT2D eigenvalue weighted by Crippen LogP contribution is 2.50. The highest BCUT2D eigenvalue weighted by molar-refractivity contribution is 7.89. The minimum Gasteiger partial charge on any atom is -0.489 e. The number of anilines is 2. The van der Waals surface area contributed by atoms with Gasteiger partial charge in [0.25, 0.3) is 0 Å². The van der Waals surface area contributed by atoms with E-state index >= 15 is 0 Å². The largest absolute Gasteiger partial charge is 0.489 e. The lowest BCUT2D eigenvalue weighted by molar-refractivity contribution is 0.225. The van der Waals surface area contributed by atoms with Crippen LogP contribution in [0.2, 0.25) is 19.6 Å². The van der Waals surface area contributed by atoms with E-state index in [0.717, 1.165) is 72.4 Å². The molecule has 9 heteroatoms. The van der Waals surface area contributed by atoms with E-state index in [9.17, 15) is 13.5 Å². The molecule has 7 aromatic carbocycles. The van der Waals surface area contributed by atoms with Gasteiger partial charge in [0, 0.05) is 73.1 Å². The van der Waals surface area contributed by atoms with Crippen molar-refractivity contribution in [2.75, 3.05) is 31.4 Å². The second-order valence-electron chi connectivity index (χ2n) is 16.8. The molecule has 0 spiro atoms. The van der Waals surface area contributed by atoms with Crippen molar-refractivity contribution < 1.29 is 18.3 Å². The first kappa shape index (κ1) is 41.6. The van der Waals surface area contributed by atoms with Gasteiger partial charge in [-0.25, -0.2) is 8.42 Å². The molecule has 0 aromatic heterocycles. The number of nitrogens with zero attached hydrogens (tertiary/aromatic N) is 2. The summed E-state index contributed by atoms with van der Waals surface area (Å²) < 4.78 is 35.8. The Morgan fingerprint density at radius 2 is 1.39 bits per heavy atom. The first-order chi connectivity index (χ1) is 29.3. The van der Waals surface area contributed by atoms with Crippen LogP contribution in [-0.4, -0.2) is 47.0 Å². The van der Waals surface area contributed by atoms with E-state index in [4.69, 9.17) is 4.74 Å². The van der Waals surface area contributed by atoms with Gasteiger partial charge in [0.1, 0.15) is 26.5 Å². The quantitative estimate of drug-likeness (QED) is 0.0942. The average Bonchev–Trinajstić information content (AvgIpc) is 3.54. The van der Waals surface area contributed by atoms with Gasteiger partial charge in [0.2, 0.25) is 10.0 Å². The Kier molecular flexibility index (Phi) is 11.6. The number of hydrogen-bond donors (Lipinski definition) is 2. The van der Waals surface area contributed by atoms with Gasteiger partial charge in [-0.3, -0.25) is 0 Å². The van der Waals surface area contributed by atoms with E-state index in [-0.39, 0.29) is 18.0 Å². The van der Waals surface area contributed by atoms with E-state index in [1.807, 2.05) is 116 Å². The predicted octanol–water partition coefficient (Wildman–Crippen LogP) is 10.9. The summed E-state index contributed by atoms with van der Waals surface area (Å²) in [6.45, 7) is 7.79. The van der Waals surface area contributed by atoms with Gasteiger partial charge in [-0.05, 0) is 69.3 Å². The van der Waals surface area contributed by atoms with E-state index in [1.165, 1.54) is 4.31 Å². The highest BCUT2D eigenvalue weighted by Gasteiger charge is 2.33. The maximum Gasteiger partial charge on any atom is 0.243 e. The Balaban J connectivity index is 1.10. The fourth-order valence-electron chi connectivity index (χ4n) is 8.07. The first-order valence-corrected chi connectivity index (χ1v) is 25.5. The highest BCUT2D eigenvalue weighted by atomic mass is 32.2. The first-order valence-electron chi connectivity index (χ1n) is 20.5. The monoisotopic (exact) mass is 841 g/mol. The van der Waals surface area contributed by atoms with Crippen LogP contribution in [0.25, 0.3) is 33.0 Å². The Hall–Kier alpha value is -6.15. The van der Waals surface area contributed by atoms with Crippen molar-refractivity contribution >= 4 is 40.2 Å². The molecule has 7 aromatic rings. The lowest BCUT2D eigenvalue weighted by Crippen LogP contribution is -2.26. The maximum atomic E-state index is 14.0. The van der Waals surface area contributed by atoms with E-state index in [1.54, 1.807) is 19.2 Å². The summed E-state index contributed by atoms with van der Waals surface area (Å²) in [6.07, 6.45) is -0.807. The zero-order valence-corrected chi connectivity index (χ0v) is 37.3. The number of aliphatic hydroxyl groups is 1. The fraction of sp³-hybridized carbons (Fsp3) is 0.192. The topological polar surface area (TPSA) is 82.1 Å². The summed E-state index contributed by atoms with van der Waals surface area (Å²) in [6, 6.07) is 47.6. The van der Waals surface area contributed by atoms with Crippen LogP contribution in [0.4, 0.5) is 11.4 Å². The van der Waals surface area contributed by atoms with Crippen molar-refractivity contribution in [3.05, 3.63) is 179 Å². The number of benzene rings is 7. The minimum absolute atomic E-state index is 0.198. The third-order valence-corrected chi connectivity index (χ3v) is 13.9. The van der Waals surface area contributed by atoms with Crippen LogP contribution >= 0.6 is 0 Å². The summed E-state index contributed by atoms with van der Waals surface area (Å²) in [5.74, 6) is 4.30. The number of ether oxygens (including phenoxy) is 1. The number of aliphatic hydroxyl groups excluding tert-OH is 1. The summed E-state index contributed by atoms with van der Waals surface area (Å²) in [5.41, 5.74) is 15.0. The van der Waals surface area contributed by atoms with Gasteiger partial charge in [-0.15, -0.1) is 5.54 Å². The Morgan fingerprint density at radius 1 is 0.721 bits per heavy atom. The van der Waals surface area contributed by atoms with E-state index < -0.39 is 24.2 Å². The lowest BCUT2D eigenvalue weighted by Gasteiger charge is -2.22. The molecular weight excluding hydrogens is 791 g/mol. The molecule has 0 amide bonds. The van der Waals surface area contributed by atoms with Crippen LogP contribution in [0, 0.1) is 11.5 Å². The predicted molar refractivity (Wildman–Crippen MR) is 253 cm³/mol. The van der Waals surface area contributed by atoms with Crippen molar-refractivity contribution in [2.45, 2.75) is 50.3 Å². The molecule has 308 valence electrons. The molecule has 7 nitrogen and oxygen atoms in total. The van der Waals surface area contributed by atoms with Crippen molar-refractivity contribution in [1.82, 2.24) is 4.31 Å². The standard InChI is InChI=1S/C52H51N3O4SSi/c1-54(2)48-24-14-23-43-42(48)22-15-25-49(43)60(57,58)55(3)34-37-26-28-39(29-27-37)59-35-38-18-10-11-19-40(38)50-45(30-31-61(4,5)6)51-46(41-20-12-13-21-44(41)52(51)56)32-47(50)53-33-36-16-8-7-9-17-36/h7-29,32,52-53,56H,33-35H2,1-6H3. The number of rotatable bonds is 12. The second-order valence-corrected chi connectivity index (χ2v) is 23.6. The van der Waals surface area contributed by atoms with Gasteiger partial charge in [-0.2, -0.15) is 4.31 Å². The summed E-state index contributed by atoms with van der Waals surface area (Å²) in [7, 11) is -0.119. The van der Waals surface area contributed by atoms with Gasteiger partial charge in [0.05, 0.1) is 4.90 Å². The van der Waals surface area contributed by atoms with Crippen LogP contribution in [-0.2, 0) is 29.7 Å². The van der Waals surface area contributed by atoms with Crippen molar-refractivity contribution in [3.63, 3.8) is 0 Å². The fourth-order valence-corrected chi connectivity index (χ4v) is 9.93. The molecule has 0 heterocycles. The van der Waals surface area contributed by atoms with Crippen LogP contribution in [0.3, 0.4) is 0 Å². The van der Waals surface area contributed by atoms with Crippen LogP contribution in [0.1, 0.15) is 39.5 Å². The molecule has 0 aliphatic heterocycles. The van der Waals surface area contributed by atoms with Crippen LogP contribution in [0.15, 0.2) is 150 Å². The molecule has 2 N–H and O–H groups in total. The Labute approximate surface area is 361 Å². The van der Waals surface area contributed by atoms with E-state index in [2.05, 4.69) is 72.8 Å². The molecule has 1 unspecified atom stereocenters. The number of fused-ring (bicyclic) bond motifs is 4. The molecule has 1 aliphatic carbocycles.